The first kappa shape index (κ1) is 14.8. The Balaban J connectivity index is 2.77. The van der Waals surface area contributed by atoms with Crippen molar-refractivity contribution in [2.24, 2.45) is 0 Å². The normalized spacial score (nSPS) is 9.79. The average molecular weight is 268 g/mol. The number of methoxy groups -OCH3 is 2. The van der Waals surface area contributed by atoms with Crippen molar-refractivity contribution in [3.05, 3.63) is 23.8 Å². The van der Waals surface area contributed by atoms with E-state index in [4.69, 9.17) is 14.6 Å². The summed E-state index contributed by atoms with van der Waals surface area (Å²) in [4.78, 5) is 22.4. The zero-order valence-corrected chi connectivity index (χ0v) is 10.7. The van der Waals surface area contributed by atoms with Crippen LogP contribution in [0.3, 0.4) is 0 Å². The lowest BCUT2D eigenvalue weighted by molar-refractivity contribution is 0.0697. The lowest BCUT2D eigenvalue weighted by Gasteiger charge is -2.11. The van der Waals surface area contributed by atoms with Crippen LogP contribution in [-0.4, -0.2) is 44.5 Å². The summed E-state index contributed by atoms with van der Waals surface area (Å²) in [5, 5.41) is 14.0. The van der Waals surface area contributed by atoms with E-state index in [1.807, 2.05) is 0 Å². The molecule has 0 aliphatic carbocycles. The maximum atomic E-state index is 11.6. The SMILES string of the molecule is COCCNC(=O)Nc1cc(C(=O)O)ccc1OC. The number of rotatable bonds is 6. The fraction of sp³-hybridized carbons (Fsp3) is 0.333. The molecule has 0 aliphatic rings. The molecule has 2 amide bonds. The first-order valence-electron chi connectivity index (χ1n) is 5.53. The number of aromatic carboxylic acids is 1. The van der Waals surface area contributed by atoms with Crippen LogP contribution in [-0.2, 0) is 4.74 Å². The largest absolute Gasteiger partial charge is 0.495 e. The second-order valence-corrected chi connectivity index (χ2v) is 3.59. The van der Waals surface area contributed by atoms with Gasteiger partial charge in [-0.3, -0.25) is 0 Å². The maximum Gasteiger partial charge on any atom is 0.335 e. The molecule has 3 N–H and O–H groups in total. The van der Waals surface area contributed by atoms with Crippen LogP contribution in [0, 0.1) is 0 Å². The van der Waals surface area contributed by atoms with Gasteiger partial charge in [0.25, 0.3) is 0 Å². The van der Waals surface area contributed by atoms with Crippen LogP contribution in [0.2, 0.25) is 0 Å². The lowest BCUT2D eigenvalue weighted by atomic mass is 10.2. The van der Waals surface area contributed by atoms with Crippen molar-refractivity contribution in [3.8, 4) is 5.75 Å². The van der Waals surface area contributed by atoms with Crippen LogP contribution in [0.1, 0.15) is 10.4 Å². The monoisotopic (exact) mass is 268 g/mol. The molecule has 0 fully saturated rings. The summed E-state index contributed by atoms with van der Waals surface area (Å²) in [6.07, 6.45) is 0. The predicted molar refractivity (Wildman–Crippen MR) is 68.9 cm³/mol. The minimum absolute atomic E-state index is 0.0630. The second kappa shape index (κ2) is 7.22. The van der Waals surface area contributed by atoms with Crippen LogP contribution in [0.25, 0.3) is 0 Å². The highest BCUT2D eigenvalue weighted by molar-refractivity contribution is 5.94. The van der Waals surface area contributed by atoms with Crippen LogP contribution < -0.4 is 15.4 Å². The summed E-state index contributed by atoms with van der Waals surface area (Å²) in [7, 11) is 2.96. The van der Waals surface area contributed by atoms with Crippen molar-refractivity contribution in [2.75, 3.05) is 32.7 Å². The molecule has 0 saturated carbocycles. The molecule has 1 aromatic rings. The maximum absolute atomic E-state index is 11.6. The minimum Gasteiger partial charge on any atom is -0.495 e. The predicted octanol–water partition coefficient (Wildman–Crippen LogP) is 1.16. The molecule has 0 bridgehead atoms. The van der Waals surface area contributed by atoms with Gasteiger partial charge >= 0.3 is 12.0 Å². The highest BCUT2D eigenvalue weighted by atomic mass is 16.5. The third kappa shape index (κ3) is 4.47. The van der Waals surface area contributed by atoms with Gasteiger partial charge < -0.3 is 25.2 Å². The number of benzene rings is 1. The number of hydrogen-bond donors (Lipinski definition) is 3. The number of carbonyl (C=O) groups is 2. The number of carboxylic acid groups (broad SMARTS) is 1. The molecule has 0 atom stereocenters. The molecule has 0 spiro atoms. The van der Waals surface area contributed by atoms with Gasteiger partial charge in [0, 0.05) is 13.7 Å². The average Bonchev–Trinajstić information content (AvgIpc) is 2.38. The molecular formula is C12H16N2O5. The summed E-state index contributed by atoms with van der Waals surface area (Å²) in [6.45, 7) is 0.739. The molecule has 0 saturated heterocycles. The number of nitrogens with one attached hydrogen (secondary N) is 2. The number of urea groups is 1. The second-order valence-electron chi connectivity index (χ2n) is 3.59. The number of ether oxygens (including phenoxy) is 2. The van der Waals surface area contributed by atoms with E-state index in [0.29, 0.717) is 18.9 Å². The van der Waals surface area contributed by atoms with Crippen molar-refractivity contribution in [3.63, 3.8) is 0 Å². The highest BCUT2D eigenvalue weighted by Crippen LogP contribution is 2.25. The number of carboxylic acids is 1. The Morgan fingerprint density at radius 2 is 2.05 bits per heavy atom. The van der Waals surface area contributed by atoms with Gasteiger partial charge in [-0.15, -0.1) is 0 Å². The summed E-state index contributed by atoms with van der Waals surface area (Å²) in [5.41, 5.74) is 0.352. The molecule has 7 nitrogen and oxygen atoms in total. The molecule has 0 aromatic heterocycles. The quantitative estimate of drug-likeness (QED) is 0.673. The first-order chi connectivity index (χ1) is 9.08. The summed E-state index contributed by atoms with van der Waals surface area (Å²) in [6, 6.07) is 3.75. The lowest BCUT2D eigenvalue weighted by Crippen LogP contribution is -2.31. The number of anilines is 1. The van der Waals surface area contributed by atoms with Crippen LogP contribution in [0.15, 0.2) is 18.2 Å². The van der Waals surface area contributed by atoms with Gasteiger partial charge in [-0.25, -0.2) is 9.59 Å². The van der Waals surface area contributed by atoms with E-state index in [-0.39, 0.29) is 11.3 Å². The van der Waals surface area contributed by atoms with Crippen molar-refractivity contribution in [1.29, 1.82) is 0 Å². The Morgan fingerprint density at radius 3 is 2.63 bits per heavy atom. The molecule has 19 heavy (non-hydrogen) atoms. The van der Waals surface area contributed by atoms with Crippen molar-refractivity contribution in [1.82, 2.24) is 5.32 Å². The highest BCUT2D eigenvalue weighted by Gasteiger charge is 2.11. The smallest absolute Gasteiger partial charge is 0.335 e. The van der Waals surface area contributed by atoms with Crippen LogP contribution in [0.5, 0.6) is 5.75 Å². The Bertz CT molecular complexity index is 461. The molecule has 0 aliphatic heterocycles. The van der Waals surface area contributed by atoms with Crippen molar-refractivity contribution < 1.29 is 24.2 Å². The number of amides is 2. The van der Waals surface area contributed by atoms with E-state index >= 15 is 0 Å². The van der Waals surface area contributed by atoms with E-state index in [2.05, 4.69) is 10.6 Å². The summed E-state index contributed by atoms with van der Waals surface area (Å²) >= 11 is 0. The Kier molecular flexibility index (Phi) is 5.62. The zero-order valence-electron chi connectivity index (χ0n) is 10.7. The van der Waals surface area contributed by atoms with Crippen molar-refractivity contribution in [2.45, 2.75) is 0 Å². The molecule has 0 radical (unpaired) electrons. The van der Waals surface area contributed by atoms with E-state index in [1.165, 1.54) is 32.4 Å². The van der Waals surface area contributed by atoms with Gasteiger partial charge in [0.15, 0.2) is 0 Å². The third-order valence-corrected chi connectivity index (χ3v) is 2.29. The molecular weight excluding hydrogens is 252 g/mol. The Morgan fingerprint density at radius 1 is 1.32 bits per heavy atom. The van der Waals surface area contributed by atoms with Gasteiger partial charge in [0.2, 0.25) is 0 Å². The Hall–Kier alpha value is -2.28. The van der Waals surface area contributed by atoms with E-state index in [1.54, 1.807) is 0 Å². The zero-order chi connectivity index (χ0) is 14.3. The summed E-state index contributed by atoms with van der Waals surface area (Å²) in [5.74, 6) is -0.697. The Labute approximate surface area is 110 Å². The molecule has 0 unspecified atom stereocenters. The summed E-state index contributed by atoms with van der Waals surface area (Å²) < 4.78 is 9.84. The standard InChI is InChI=1S/C12H16N2O5/c1-18-6-5-13-12(17)14-9-7-8(11(15)16)3-4-10(9)19-2/h3-4,7H,5-6H2,1-2H3,(H,15,16)(H2,13,14,17). The molecule has 7 heteroatoms. The van der Waals surface area contributed by atoms with Crippen LogP contribution >= 0.6 is 0 Å². The van der Waals surface area contributed by atoms with Gasteiger partial charge in [0.05, 0.1) is 25.0 Å². The minimum atomic E-state index is -1.08. The van der Waals surface area contributed by atoms with Gasteiger partial charge in [0.1, 0.15) is 5.75 Å². The number of hydrogen-bond acceptors (Lipinski definition) is 4. The molecule has 1 rings (SSSR count). The van der Waals surface area contributed by atoms with Gasteiger partial charge in [-0.2, -0.15) is 0 Å². The molecule has 104 valence electrons. The first-order valence-corrected chi connectivity index (χ1v) is 5.53. The number of carbonyl (C=O) groups excluding carboxylic acids is 1. The van der Waals surface area contributed by atoms with Crippen LogP contribution in [0.4, 0.5) is 10.5 Å². The van der Waals surface area contributed by atoms with Crippen molar-refractivity contribution >= 4 is 17.7 Å². The fourth-order valence-corrected chi connectivity index (χ4v) is 1.37. The third-order valence-electron chi connectivity index (χ3n) is 2.29. The molecule has 0 heterocycles. The van der Waals surface area contributed by atoms with E-state index in [9.17, 15) is 9.59 Å². The van der Waals surface area contributed by atoms with E-state index < -0.39 is 12.0 Å². The van der Waals surface area contributed by atoms with Gasteiger partial charge in [-0.05, 0) is 18.2 Å². The topological polar surface area (TPSA) is 96.9 Å². The molecule has 1 aromatic carbocycles. The fourth-order valence-electron chi connectivity index (χ4n) is 1.37. The van der Waals surface area contributed by atoms with Gasteiger partial charge in [-0.1, -0.05) is 0 Å². The van der Waals surface area contributed by atoms with E-state index in [0.717, 1.165) is 0 Å².